The second-order valence-electron chi connectivity index (χ2n) is 4.74. The molecule has 1 aromatic rings. The summed E-state index contributed by atoms with van der Waals surface area (Å²) in [4.78, 5) is 11.5. The summed E-state index contributed by atoms with van der Waals surface area (Å²) in [6.45, 7) is 6.95. The van der Waals surface area contributed by atoms with Gasteiger partial charge in [0.1, 0.15) is 5.75 Å². The largest absolute Gasteiger partial charge is 0.479 e. The Kier molecular flexibility index (Phi) is 3.22. The Morgan fingerprint density at radius 3 is 2.94 bits per heavy atom. The molecule has 2 rings (SSSR count). The number of nitrogens with one attached hydrogen (secondary N) is 2. The highest BCUT2D eigenvalue weighted by Crippen LogP contribution is 2.32. The molecule has 1 aromatic carbocycles. The van der Waals surface area contributed by atoms with Crippen molar-refractivity contribution in [3.05, 3.63) is 18.2 Å². The highest BCUT2D eigenvalue weighted by Gasteiger charge is 2.23. The van der Waals surface area contributed by atoms with E-state index in [1.54, 1.807) is 6.92 Å². The first-order chi connectivity index (χ1) is 8.06. The fraction of sp³-hybridized carbons (Fsp3) is 0.462. The van der Waals surface area contributed by atoms with Gasteiger partial charge in [0.25, 0.3) is 5.91 Å². The molecule has 0 saturated heterocycles. The number of hydrogen-bond donors (Lipinski definition) is 2. The summed E-state index contributed by atoms with van der Waals surface area (Å²) in [7, 11) is 0. The van der Waals surface area contributed by atoms with E-state index >= 15 is 0 Å². The van der Waals surface area contributed by atoms with Crippen LogP contribution in [0.2, 0.25) is 0 Å². The Bertz CT molecular complexity index is 429. The van der Waals surface area contributed by atoms with Crippen LogP contribution in [-0.2, 0) is 4.79 Å². The average Bonchev–Trinajstić information content (AvgIpc) is 2.28. The van der Waals surface area contributed by atoms with Gasteiger partial charge in [-0.1, -0.05) is 13.8 Å². The molecule has 0 saturated carbocycles. The van der Waals surface area contributed by atoms with Crippen molar-refractivity contribution in [1.82, 2.24) is 0 Å². The third-order valence-electron chi connectivity index (χ3n) is 2.62. The molecular weight excluding hydrogens is 216 g/mol. The van der Waals surface area contributed by atoms with Gasteiger partial charge in [-0.3, -0.25) is 4.79 Å². The Balaban J connectivity index is 2.14. The van der Waals surface area contributed by atoms with Crippen molar-refractivity contribution in [1.29, 1.82) is 0 Å². The maximum atomic E-state index is 11.5. The molecule has 1 heterocycles. The summed E-state index contributed by atoms with van der Waals surface area (Å²) >= 11 is 0. The minimum Gasteiger partial charge on any atom is -0.479 e. The van der Waals surface area contributed by atoms with Crippen LogP contribution in [0.25, 0.3) is 0 Å². The van der Waals surface area contributed by atoms with Crippen LogP contribution in [0.3, 0.4) is 0 Å². The molecule has 0 radical (unpaired) electrons. The number of anilines is 2. The van der Waals surface area contributed by atoms with Crippen LogP contribution in [0.1, 0.15) is 20.8 Å². The lowest BCUT2D eigenvalue weighted by Gasteiger charge is -2.24. The monoisotopic (exact) mass is 234 g/mol. The zero-order valence-electron chi connectivity index (χ0n) is 10.4. The number of hydrogen-bond acceptors (Lipinski definition) is 3. The van der Waals surface area contributed by atoms with E-state index in [9.17, 15) is 4.79 Å². The number of benzene rings is 1. The van der Waals surface area contributed by atoms with E-state index in [2.05, 4.69) is 24.5 Å². The molecular formula is C13H18N2O2. The molecule has 0 bridgehead atoms. The van der Waals surface area contributed by atoms with Crippen LogP contribution in [0.5, 0.6) is 5.75 Å². The second-order valence-corrected chi connectivity index (χ2v) is 4.74. The van der Waals surface area contributed by atoms with E-state index < -0.39 is 6.10 Å². The maximum Gasteiger partial charge on any atom is 0.265 e. The predicted molar refractivity (Wildman–Crippen MR) is 68.5 cm³/mol. The molecule has 1 aliphatic rings. The predicted octanol–water partition coefficient (Wildman–Crippen LogP) is 2.47. The summed E-state index contributed by atoms with van der Waals surface area (Å²) in [5.74, 6) is 1.21. The van der Waals surface area contributed by atoms with Gasteiger partial charge in [0.2, 0.25) is 0 Å². The van der Waals surface area contributed by atoms with Crippen LogP contribution in [0.15, 0.2) is 18.2 Å². The zero-order chi connectivity index (χ0) is 12.4. The Labute approximate surface area is 101 Å². The molecule has 1 aliphatic heterocycles. The van der Waals surface area contributed by atoms with Crippen molar-refractivity contribution < 1.29 is 9.53 Å². The SMILES string of the molecule is CC(C)CNc1ccc2c(c1)NC(=O)C(C)O2. The first kappa shape index (κ1) is 11.8. The highest BCUT2D eigenvalue weighted by molar-refractivity contribution is 5.98. The van der Waals surface area contributed by atoms with Crippen LogP contribution in [-0.4, -0.2) is 18.6 Å². The summed E-state index contributed by atoms with van der Waals surface area (Å²) in [5.41, 5.74) is 1.73. The molecule has 0 fully saturated rings. The molecule has 0 aliphatic carbocycles. The fourth-order valence-electron chi connectivity index (χ4n) is 1.64. The van der Waals surface area contributed by atoms with Gasteiger partial charge in [0.15, 0.2) is 6.10 Å². The first-order valence-corrected chi connectivity index (χ1v) is 5.91. The Morgan fingerprint density at radius 2 is 2.24 bits per heavy atom. The lowest BCUT2D eigenvalue weighted by atomic mass is 10.2. The lowest BCUT2D eigenvalue weighted by molar-refractivity contribution is -0.122. The molecule has 4 nitrogen and oxygen atoms in total. The molecule has 1 amide bonds. The minimum absolute atomic E-state index is 0.0986. The number of amides is 1. The van der Waals surface area contributed by atoms with Crippen LogP contribution in [0.4, 0.5) is 11.4 Å². The summed E-state index contributed by atoms with van der Waals surface area (Å²) in [6, 6.07) is 5.75. The van der Waals surface area contributed by atoms with Crippen LogP contribution < -0.4 is 15.4 Å². The minimum atomic E-state index is -0.419. The topological polar surface area (TPSA) is 50.4 Å². The van der Waals surface area contributed by atoms with Crippen molar-refractivity contribution in [2.45, 2.75) is 26.9 Å². The van der Waals surface area contributed by atoms with E-state index in [1.165, 1.54) is 0 Å². The molecule has 1 atom stereocenters. The van der Waals surface area contributed by atoms with E-state index in [0.29, 0.717) is 5.92 Å². The molecule has 0 aromatic heterocycles. The van der Waals surface area contributed by atoms with Gasteiger partial charge in [-0.05, 0) is 31.0 Å². The molecule has 1 unspecified atom stereocenters. The van der Waals surface area contributed by atoms with Gasteiger partial charge in [-0.15, -0.1) is 0 Å². The van der Waals surface area contributed by atoms with Gasteiger partial charge in [0, 0.05) is 12.2 Å². The first-order valence-electron chi connectivity index (χ1n) is 5.91. The fourth-order valence-corrected chi connectivity index (χ4v) is 1.64. The molecule has 92 valence electrons. The van der Waals surface area contributed by atoms with E-state index in [1.807, 2.05) is 18.2 Å². The van der Waals surface area contributed by atoms with Gasteiger partial charge < -0.3 is 15.4 Å². The van der Waals surface area contributed by atoms with Crippen molar-refractivity contribution in [3.8, 4) is 5.75 Å². The van der Waals surface area contributed by atoms with Gasteiger partial charge >= 0.3 is 0 Å². The van der Waals surface area contributed by atoms with Crippen LogP contribution >= 0.6 is 0 Å². The molecule has 2 N–H and O–H groups in total. The third-order valence-corrected chi connectivity index (χ3v) is 2.62. The zero-order valence-corrected chi connectivity index (χ0v) is 10.4. The van der Waals surface area contributed by atoms with Crippen LogP contribution in [0, 0.1) is 5.92 Å². The van der Waals surface area contributed by atoms with E-state index in [0.717, 1.165) is 23.7 Å². The summed E-state index contributed by atoms with van der Waals surface area (Å²) in [6.07, 6.45) is -0.419. The average molecular weight is 234 g/mol. The summed E-state index contributed by atoms with van der Waals surface area (Å²) in [5, 5.41) is 6.15. The lowest BCUT2D eigenvalue weighted by Crippen LogP contribution is -2.34. The molecule has 4 heteroatoms. The van der Waals surface area contributed by atoms with Gasteiger partial charge in [-0.2, -0.15) is 0 Å². The molecule has 0 spiro atoms. The number of carbonyl (C=O) groups is 1. The normalized spacial score (nSPS) is 18.4. The number of rotatable bonds is 3. The van der Waals surface area contributed by atoms with Gasteiger partial charge in [-0.25, -0.2) is 0 Å². The maximum absolute atomic E-state index is 11.5. The van der Waals surface area contributed by atoms with E-state index in [-0.39, 0.29) is 5.91 Å². The van der Waals surface area contributed by atoms with Crippen molar-refractivity contribution >= 4 is 17.3 Å². The smallest absolute Gasteiger partial charge is 0.265 e. The molecule has 17 heavy (non-hydrogen) atoms. The standard InChI is InChI=1S/C13H18N2O2/c1-8(2)7-14-10-4-5-12-11(6-10)15-13(16)9(3)17-12/h4-6,8-9,14H,7H2,1-3H3,(H,15,16). The number of fused-ring (bicyclic) bond motifs is 1. The summed E-state index contributed by atoms with van der Waals surface area (Å²) < 4.78 is 5.48. The number of ether oxygens (including phenoxy) is 1. The van der Waals surface area contributed by atoms with Crippen molar-refractivity contribution in [2.75, 3.05) is 17.2 Å². The van der Waals surface area contributed by atoms with Gasteiger partial charge in [0.05, 0.1) is 5.69 Å². The Hall–Kier alpha value is -1.71. The van der Waals surface area contributed by atoms with E-state index in [4.69, 9.17) is 4.74 Å². The quantitative estimate of drug-likeness (QED) is 0.844. The van der Waals surface area contributed by atoms with Crippen molar-refractivity contribution in [3.63, 3.8) is 0 Å². The third kappa shape index (κ3) is 2.70. The highest BCUT2D eigenvalue weighted by atomic mass is 16.5. The van der Waals surface area contributed by atoms with Crippen molar-refractivity contribution in [2.24, 2.45) is 5.92 Å². The Morgan fingerprint density at radius 1 is 1.47 bits per heavy atom. The number of carbonyl (C=O) groups excluding carboxylic acids is 1. The second kappa shape index (κ2) is 4.65.